The van der Waals surface area contributed by atoms with Gasteiger partial charge in [0.2, 0.25) is 0 Å². The summed E-state index contributed by atoms with van der Waals surface area (Å²) in [6.07, 6.45) is -0.255. The summed E-state index contributed by atoms with van der Waals surface area (Å²) >= 11 is 0. The highest BCUT2D eigenvalue weighted by molar-refractivity contribution is 5.31. The molecule has 0 radical (unpaired) electrons. The van der Waals surface area contributed by atoms with E-state index in [1.165, 1.54) is 24.8 Å². The smallest absolute Gasteiger partial charge is 0.165 e. The van der Waals surface area contributed by atoms with E-state index in [1.54, 1.807) is 6.07 Å². The topological polar surface area (TPSA) is 29.5 Å². The number of hydrogen-bond donors (Lipinski definition) is 1. The van der Waals surface area contributed by atoms with E-state index in [2.05, 4.69) is 0 Å². The van der Waals surface area contributed by atoms with Crippen LogP contribution >= 0.6 is 0 Å². The fraction of sp³-hybridized carbons (Fsp3) is 0.250. The van der Waals surface area contributed by atoms with Gasteiger partial charge in [0.1, 0.15) is 0 Å². The molecule has 2 aromatic rings. The van der Waals surface area contributed by atoms with Gasteiger partial charge in [-0.2, -0.15) is 0 Å². The largest absolute Gasteiger partial charge is 0.494 e. The SMILES string of the molecule is COc1ccc(C(O)Cc2ccc(C)cc2)cc1F. The van der Waals surface area contributed by atoms with Crippen molar-refractivity contribution in [1.29, 1.82) is 0 Å². The van der Waals surface area contributed by atoms with Crippen LogP contribution in [0.1, 0.15) is 22.8 Å². The van der Waals surface area contributed by atoms with Crippen LogP contribution in [0.4, 0.5) is 4.39 Å². The van der Waals surface area contributed by atoms with Crippen molar-refractivity contribution in [2.24, 2.45) is 0 Å². The van der Waals surface area contributed by atoms with Crippen molar-refractivity contribution in [2.45, 2.75) is 19.4 Å². The van der Waals surface area contributed by atoms with E-state index in [-0.39, 0.29) is 5.75 Å². The average molecular weight is 260 g/mol. The molecule has 1 unspecified atom stereocenters. The van der Waals surface area contributed by atoms with Crippen molar-refractivity contribution < 1.29 is 14.2 Å². The zero-order valence-corrected chi connectivity index (χ0v) is 11.1. The summed E-state index contributed by atoms with van der Waals surface area (Å²) in [4.78, 5) is 0. The number of aliphatic hydroxyl groups excluding tert-OH is 1. The summed E-state index contributed by atoms with van der Waals surface area (Å²) in [5.74, 6) is -0.269. The van der Waals surface area contributed by atoms with E-state index < -0.39 is 11.9 Å². The van der Waals surface area contributed by atoms with E-state index in [0.29, 0.717) is 12.0 Å². The Kier molecular flexibility index (Phi) is 4.17. The molecule has 0 aliphatic rings. The van der Waals surface area contributed by atoms with Crippen LogP contribution in [-0.2, 0) is 6.42 Å². The molecule has 0 aliphatic carbocycles. The first-order chi connectivity index (χ1) is 9.10. The highest BCUT2D eigenvalue weighted by Gasteiger charge is 2.11. The van der Waals surface area contributed by atoms with Crippen molar-refractivity contribution in [2.75, 3.05) is 7.11 Å². The molecule has 3 heteroatoms. The molecular weight excluding hydrogens is 243 g/mol. The van der Waals surface area contributed by atoms with Crippen LogP contribution in [0.3, 0.4) is 0 Å². The van der Waals surface area contributed by atoms with Crippen LogP contribution in [0.15, 0.2) is 42.5 Å². The predicted molar refractivity (Wildman–Crippen MR) is 72.8 cm³/mol. The fourth-order valence-electron chi connectivity index (χ4n) is 1.96. The molecule has 2 aromatic carbocycles. The van der Waals surface area contributed by atoms with Gasteiger partial charge in [-0.1, -0.05) is 35.9 Å². The Hall–Kier alpha value is -1.87. The Balaban J connectivity index is 2.13. The number of methoxy groups -OCH3 is 1. The first-order valence-corrected chi connectivity index (χ1v) is 6.17. The molecule has 0 spiro atoms. The maximum Gasteiger partial charge on any atom is 0.165 e. The Morgan fingerprint density at radius 1 is 1.16 bits per heavy atom. The molecule has 0 amide bonds. The molecule has 0 aliphatic heterocycles. The third-order valence-corrected chi connectivity index (χ3v) is 3.11. The summed E-state index contributed by atoms with van der Waals surface area (Å²) in [6, 6.07) is 12.5. The van der Waals surface area contributed by atoms with Gasteiger partial charge in [0.25, 0.3) is 0 Å². The summed E-state index contributed by atoms with van der Waals surface area (Å²) < 4.78 is 18.4. The second-order valence-electron chi connectivity index (χ2n) is 4.60. The molecular formula is C16H17FO2. The van der Waals surface area contributed by atoms with Crippen molar-refractivity contribution in [3.63, 3.8) is 0 Å². The second kappa shape index (κ2) is 5.85. The number of ether oxygens (including phenoxy) is 1. The van der Waals surface area contributed by atoms with Gasteiger partial charge in [0.05, 0.1) is 13.2 Å². The molecule has 0 bridgehead atoms. The average Bonchev–Trinajstić information content (AvgIpc) is 2.41. The summed E-state index contributed by atoms with van der Waals surface area (Å²) in [6.45, 7) is 2.01. The van der Waals surface area contributed by atoms with Gasteiger partial charge in [-0.25, -0.2) is 4.39 Å². The van der Waals surface area contributed by atoms with Crippen LogP contribution in [0.25, 0.3) is 0 Å². The highest BCUT2D eigenvalue weighted by atomic mass is 19.1. The number of aliphatic hydroxyl groups is 1. The predicted octanol–water partition coefficient (Wildman–Crippen LogP) is 3.42. The standard InChI is InChI=1S/C16H17FO2/c1-11-3-5-12(6-4-11)9-15(18)13-7-8-16(19-2)14(17)10-13/h3-8,10,15,18H,9H2,1-2H3. The monoisotopic (exact) mass is 260 g/mol. The molecule has 19 heavy (non-hydrogen) atoms. The molecule has 2 rings (SSSR count). The van der Waals surface area contributed by atoms with Crippen LogP contribution in [0, 0.1) is 12.7 Å². The van der Waals surface area contributed by atoms with Crippen LogP contribution in [-0.4, -0.2) is 12.2 Å². The van der Waals surface area contributed by atoms with Crippen molar-refractivity contribution in [1.82, 2.24) is 0 Å². The van der Waals surface area contributed by atoms with Crippen LogP contribution < -0.4 is 4.74 Å². The molecule has 0 saturated carbocycles. The highest BCUT2D eigenvalue weighted by Crippen LogP contribution is 2.24. The van der Waals surface area contributed by atoms with Gasteiger partial charge >= 0.3 is 0 Å². The first kappa shape index (κ1) is 13.6. The molecule has 100 valence electrons. The maximum atomic E-state index is 13.6. The number of aryl methyl sites for hydroxylation is 1. The van der Waals surface area contributed by atoms with Crippen molar-refractivity contribution >= 4 is 0 Å². The van der Waals surface area contributed by atoms with Gasteiger partial charge in [-0.15, -0.1) is 0 Å². The molecule has 0 heterocycles. The van der Waals surface area contributed by atoms with Gasteiger partial charge in [0.15, 0.2) is 11.6 Å². The lowest BCUT2D eigenvalue weighted by molar-refractivity contribution is 0.178. The number of rotatable bonds is 4. The van der Waals surface area contributed by atoms with Crippen LogP contribution in [0.5, 0.6) is 5.75 Å². The second-order valence-corrected chi connectivity index (χ2v) is 4.60. The van der Waals surface area contributed by atoms with Crippen LogP contribution in [0.2, 0.25) is 0 Å². The van der Waals surface area contributed by atoms with E-state index in [1.807, 2.05) is 31.2 Å². The molecule has 0 aromatic heterocycles. The number of hydrogen-bond acceptors (Lipinski definition) is 2. The summed E-state index contributed by atoms with van der Waals surface area (Å²) in [5, 5.41) is 10.1. The van der Waals surface area contributed by atoms with Gasteiger partial charge in [-0.05, 0) is 30.2 Å². The van der Waals surface area contributed by atoms with Crippen molar-refractivity contribution in [3.8, 4) is 5.75 Å². The lowest BCUT2D eigenvalue weighted by Crippen LogP contribution is -2.03. The van der Waals surface area contributed by atoms with E-state index in [4.69, 9.17) is 4.74 Å². The Morgan fingerprint density at radius 2 is 1.84 bits per heavy atom. The Bertz CT molecular complexity index is 549. The first-order valence-electron chi connectivity index (χ1n) is 6.17. The zero-order chi connectivity index (χ0) is 13.8. The molecule has 1 N–H and O–H groups in total. The quantitative estimate of drug-likeness (QED) is 0.912. The zero-order valence-electron chi connectivity index (χ0n) is 11.1. The molecule has 0 saturated heterocycles. The normalized spacial score (nSPS) is 12.2. The Labute approximate surface area is 112 Å². The third-order valence-electron chi connectivity index (χ3n) is 3.11. The number of halogens is 1. The summed E-state index contributed by atoms with van der Waals surface area (Å²) in [7, 11) is 1.42. The lowest BCUT2D eigenvalue weighted by Gasteiger charge is -2.12. The minimum absolute atomic E-state index is 0.186. The van der Waals surface area contributed by atoms with Gasteiger partial charge in [0, 0.05) is 6.42 Å². The van der Waals surface area contributed by atoms with Gasteiger partial charge in [-0.3, -0.25) is 0 Å². The molecule has 2 nitrogen and oxygen atoms in total. The third kappa shape index (κ3) is 3.32. The minimum atomic E-state index is -0.719. The van der Waals surface area contributed by atoms with E-state index in [0.717, 1.165) is 5.56 Å². The molecule has 1 atom stereocenters. The van der Waals surface area contributed by atoms with E-state index in [9.17, 15) is 9.50 Å². The fourth-order valence-corrected chi connectivity index (χ4v) is 1.96. The Morgan fingerprint density at radius 3 is 2.42 bits per heavy atom. The molecule has 0 fully saturated rings. The lowest BCUT2D eigenvalue weighted by atomic mass is 10.0. The van der Waals surface area contributed by atoms with Crippen molar-refractivity contribution in [3.05, 3.63) is 65.0 Å². The summed E-state index contributed by atoms with van der Waals surface area (Å²) in [5.41, 5.74) is 2.75. The van der Waals surface area contributed by atoms with Gasteiger partial charge < -0.3 is 9.84 Å². The van der Waals surface area contributed by atoms with E-state index >= 15 is 0 Å². The maximum absolute atomic E-state index is 13.6. The minimum Gasteiger partial charge on any atom is -0.494 e. The number of benzene rings is 2.